The van der Waals surface area contributed by atoms with E-state index in [4.69, 9.17) is 13.6 Å². The van der Waals surface area contributed by atoms with Gasteiger partial charge in [-0.3, -0.25) is 4.79 Å². The molecule has 6 heteroatoms. The number of aliphatic hydroxyl groups excluding tert-OH is 1. The summed E-state index contributed by atoms with van der Waals surface area (Å²) in [7, 11) is 0. The van der Waals surface area contributed by atoms with Gasteiger partial charge in [-0.2, -0.15) is 0 Å². The van der Waals surface area contributed by atoms with Gasteiger partial charge >= 0.3 is 0 Å². The van der Waals surface area contributed by atoms with Crippen molar-refractivity contribution in [3.05, 3.63) is 109 Å². The molecule has 8 aromatic rings. The number of carbonyl (C=O) groups excluding carboxylic acids is 1. The number of para-hydroxylation sites is 2. The molecule has 203 valence electrons. The third-order valence-corrected chi connectivity index (χ3v) is 7.19. The number of pyridine rings is 1. The summed E-state index contributed by atoms with van der Waals surface area (Å²) in [5, 5.41) is 15.1. The second kappa shape index (κ2) is 10.2. The van der Waals surface area contributed by atoms with E-state index in [2.05, 4.69) is 57.9 Å². The Morgan fingerprint density at radius 3 is 2.44 bits per heavy atom. The number of hydrogen-bond donors (Lipinski definition) is 1. The van der Waals surface area contributed by atoms with Gasteiger partial charge in [-0.25, -0.2) is 0 Å². The number of aliphatic hydroxyl groups is 1. The molecule has 8 rings (SSSR count). The van der Waals surface area contributed by atoms with Gasteiger partial charge < -0.3 is 18.9 Å². The normalized spacial score (nSPS) is 13.3. The Morgan fingerprint density at radius 2 is 1.73 bits per heavy atom. The topological polar surface area (TPSA) is 67.7 Å². The first-order valence-electron chi connectivity index (χ1n) is 14.4. The molecule has 0 fully saturated rings. The largest absolute Gasteiger partial charge is 0.512 e. The van der Waals surface area contributed by atoms with Crippen LogP contribution in [0.3, 0.4) is 0 Å². The average molecular weight is 717 g/mol. The number of fused-ring (bicyclic) bond motifs is 10. The van der Waals surface area contributed by atoms with Gasteiger partial charge in [-0.15, -0.1) is 23.8 Å². The minimum absolute atomic E-state index is 0. The first-order chi connectivity index (χ1) is 20.6. The third kappa shape index (κ3) is 4.28. The quantitative estimate of drug-likeness (QED) is 0.110. The average Bonchev–Trinajstić information content (AvgIpc) is 3.62. The molecule has 41 heavy (non-hydrogen) atoms. The number of benzene rings is 4. The Bertz CT molecular complexity index is 2380. The number of furan rings is 1. The van der Waals surface area contributed by atoms with E-state index < -0.39 is 6.85 Å². The zero-order valence-corrected chi connectivity index (χ0v) is 24.5. The van der Waals surface area contributed by atoms with Crippen LogP contribution in [0.2, 0.25) is 0 Å². The van der Waals surface area contributed by atoms with Crippen molar-refractivity contribution in [3.63, 3.8) is 0 Å². The molecule has 4 aromatic carbocycles. The standard InChI is InChI=1S/C30H17N2O.C5H8O2.Ir/c1-17-10-12-24(31-16-17)18-11-13-26-21(14-18)22-15-23-19-6-3-5-9-27(19)33-30(23)28-20-7-2-4-8-25(20)32(26)29(22)28;1-4(6)3-5(2)7;/h2-10,12-16H,1H3;3,6H,1-2H3;/q-1;;/b;4-3-;/i1D3;;. The monoisotopic (exact) mass is 717 g/mol. The van der Waals surface area contributed by atoms with E-state index in [0.29, 0.717) is 5.69 Å². The Kier molecular flexibility index (Phi) is 5.75. The molecule has 4 aromatic heterocycles. The molecule has 1 radical (unpaired) electrons. The molecule has 4 heterocycles. The summed E-state index contributed by atoms with van der Waals surface area (Å²) < 4.78 is 31.6. The van der Waals surface area contributed by atoms with Crippen molar-refractivity contribution >= 4 is 65.8 Å². The number of allylic oxidation sites excluding steroid dienone is 2. The van der Waals surface area contributed by atoms with Crippen LogP contribution in [0, 0.1) is 12.9 Å². The molecule has 1 N–H and O–H groups in total. The Labute approximate surface area is 253 Å². The van der Waals surface area contributed by atoms with Crippen molar-refractivity contribution in [2.75, 3.05) is 0 Å². The van der Waals surface area contributed by atoms with Crippen molar-refractivity contribution in [2.24, 2.45) is 0 Å². The molecule has 0 saturated carbocycles. The number of aryl methyl sites for hydroxylation is 1. The van der Waals surface area contributed by atoms with Gasteiger partial charge in [0.25, 0.3) is 0 Å². The minimum Gasteiger partial charge on any atom is -0.512 e. The summed E-state index contributed by atoms with van der Waals surface area (Å²) in [5.74, 6) is -0.0625. The van der Waals surface area contributed by atoms with Crippen LogP contribution in [0.4, 0.5) is 0 Å². The summed E-state index contributed by atoms with van der Waals surface area (Å²) in [5.41, 5.74) is 6.86. The predicted octanol–water partition coefficient (Wildman–Crippen LogP) is 8.94. The van der Waals surface area contributed by atoms with E-state index in [1.54, 1.807) is 12.1 Å². The summed E-state index contributed by atoms with van der Waals surface area (Å²) in [6.45, 7) is 0.674. The number of aromatic nitrogens is 2. The molecular formula is C35H25IrN2O3-. The van der Waals surface area contributed by atoms with Gasteiger partial charge in [0.15, 0.2) is 5.78 Å². The van der Waals surface area contributed by atoms with Gasteiger partial charge in [0.1, 0.15) is 11.2 Å². The summed E-state index contributed by atoms with van der Waals surface area (Å²) >= 11 is 0. The van der Waals surface area contributed by atoms with Gasteiger partial charge in [0.05, 0.1) is 16.7 Å². The SMILES string of the molecule is CC(=O)/C=C(/C)O.[2H]C([2H])([2H])c1ccc(-c2[c-]cc3c(c2)c2cc4c5ccccc5oc4c4c5ccccc5n3c24)nc1.[Ir]. The van der Waals surface area contributed by atoms with Crippen LogP contribution in [-0.4, -0.2) is 20.3 Å². The summed E-state index contributed by atoms with van der Waals surface area (Å²) in [6, 6.07) is 29.7. The van der Waals surface area contributed by atoms with Gasteiger partial charge in [-0.1, -0.05) is 53.9 Å². The van der Waals surface area contributed by atoms with E-state index >= 15 is 0 Å². The molecule has 0 atom stereocenters. The first kappa shape index (κ1) is 23.2. The van der Waals surface area contributed by atoms with Crippen molar-refractivity contribution in [3.8, 4) is 11.3 Å². The smallest absolute Gasteiger partial charge is 0.155 e. The third-order valence-electron chi connectivity index (χ3n) is 7.19. The van der Waals surface area contributed by atoms with Crippen LogP contribution in [0.15, 0.2) is 101 Å². The molecule has 0 aliphatic heterocycles. The number of rotatable bonds is 2. The fraction of sp³-hybridized carbons (Fsp3) is 0.0857. The Hall–Kier alpha value is -4.51. The Morgan fingerprint density at radius 1 is 0.951 bits per heavy atom. The maximum atomic E-state index is 10.0. The van der Waals surface area contributed by atoms with Crippen molar-refractivity contribution in [1.29, 1.82) is 0 Å². The zero-order valence-electron chi connectivity index (χ0n) is 25.2. The Balaban J connectivity index is 0.000000388. The molecule has 5 nitrogen and oxygen atoms in total. The second-order valence-electron chi connectivity index (χ2n) is 9.95. The van der Waals surface area contributed by atoms with E-state index in [0.717, 1.165) is 65.6 Å². The molecule has 0 spiro atoms. The number of carbonyl (C=O) groups is 1. The number of nitrogens with zero attached hydrogens (tertiary/aromatic N) is 2. The van der Waals surface area contributed by atoms with Gasteiger partial charge in [-0.05, 0) is 61.1 Å². The minimum atomic E-state index is -2.17. The second-order valence-corrected chi connectivity index (χ2v) is 9.95. The van der Waals surface area contributed by atoms with Crippen LogP contribution in [0.25, 0.3) is 71.3 Å². The van der Waals surface area contributed by atoms with Crippen LogP contribution in [0.1, 0.15) is 23.5 Å². The molecule has 0 bridgehead atoms. The number of ketones is 1. The zero-order chi connectivity index (χ0) is 30.0. The van der Waals surface area contributed by atoms with Crippen LogP contribution < -0.4 is 0 Å². The number of hydrogen-bond acceptors (Lipinski definition) is 4. The fourth-order valence-electron chi connectivity index (χ4n) is 5.67. The van der Waals surface area contributed by atoms with Gasteiger partial charge in [0.2, 0.25) is 0 Å². The molecule has 0 unspecified atom stereocenters. The first-order valence-corrected chi connectivity index (χ1v) is 12.9. The van der Waals surface area contributed by atoms with Crippen LogP contribution in [-0.2, 0) is 24.9 Å². The predicted molar refractivity (Wildman–Crippen MR) is 162 cm³/mol. The maximum Gasteiger partial charge on any atom is 0.155 e. The van der Waals surface area contributed by atoms with Crippen LogP contribution in [0.5, 0.6) is 0 Å². The molecule has 0 amide bonds. The van der Waals surface area contributed by atoms with E-state index in [9.17, 15) is 4.79 Å². The van der Waals surface area contributed by atoms with E-state index in [1.807, 2.05) is 24.3 Å². The summed E-state index contributed by atoms with van der Waals surface area (Å²) in [4.78, 5) is 14.5. The van der Waals surface area contributed by atoms with Gasteiger partial charge in [0, 0.05) is 58.2 Å². The molecule has 0 saturated heterocycles. The maximum absolute atomic E-state index is 10.0. The molecular weight excluding hydrogens is 689 g/mol. The molecule has 0 aliphatic carbocycles. The van der Waals surface area contributed by atoms with Crippen molar-refractivity contribution < 1.29 is 38.5 Å². The molecule has 0 aliphatic rings. The van der Waals surface area contributed by atoms with Crippen LogP contribution >= 0.6 is 0 Å². The van der Waals surface area contributed by atoms with Crippen molar-refractivity contribution in [2.45, 2.75) is 20.7 Å². The van der Waals surface area contributed by atoms with E-state index in [1.165, 1.54) is 26.1 Å². The van der Waals surface area contributed by atoms with Crippen molar-refractivity contribution in [1.82, 2.24) is 9.38 Å². The fourth-order valence-corrected chi connectivity index (χ4v) is 5.67. The summed E-state index contributed by atoms with van der Waals surface area (Å²) in [6.07, 6.45) is 2.60. The van der Waals surface area contributed by atoms with E-state index in [-0.39, 0.29) is 37.2 Å².